The third kappa shape index (κ3) is 5.76. The molecule has 3 aromatic rings. The number of halogens is 1. The van der Waals surface area contributed by atoms with Crippen molar-refractivity contribution in [1.82, 2.24) is 19.8 Å². The van der Waals surface area contributed by atoms with Crippen LogP contribution < -0.4 is 5.32 Å². The Kier molecular flexibility index (Phi) is 8.07. The van der Waals surface area contributed by atoms with E-state index < -0.39 is 0 Å². The molecule has 2 aromatic carbocycles. The molecule has 0 aliphatic heterocycles. The topological polar surface area (TPSA) is 67.2 Å². The van der Waals surface area contributed by atoms with E-state index in [4.69, 9.17) is 4.98 Å². The highest BCUT2D eigenvalue weighted by Crippen LogP contribution is 2.19. The molecule has 0 aliphatic rings. The van der Waals surface area contributed by atoms with Gasteiger partial charge in [-0.2, -0.15) is 0 Å². The van der Waals surface area contributed by atoms with Crippen molar-refractivity contribution in [1.29, 1.82) is 0 Å². The Bertz CT molecular complexity index is 1070. The first-order valence-corrected chi connectivity index (χ1v) is 11.9. The zero-order valence-electron chi connectivity index (χ0n) is 19.1. The van der Waals surface area contributed by atoms with Crippen molar-refractivity contribution in [2.24, 2.45) is 0 Å². The molecule has 2 amide bonds. The van der Waals surface area contributed by atoms with Gasteiger partial charge in [-0.15, -0.1) is 0 Å². The Morgan fingerprint density at radius 2 is 1.69 bits per heavy atom. The average molecular weight is 499 g/mol. The number of rotatable bonds is 9. The molecule has 0 unspecified atom stereocenters. The first-order valence-electron chi connectivity index (χ1n) is 11.1. The van der Waals surface area contributed by atoms with Gasteiger partial charge in [0.05, 0.1) is 11.0 Å². The number of fused-ring (bicyclic) bond motifs is 1. The lowest BCUT2D eigenvalue weighted by Crippen LogP contribution is -2.43. The van der Waals surface area contributed by atoms with Crippen molar-refractivity contribution in [3.05, 3.63) is 64.4 Å². The van der Waals surface area contributed by atoms with Crippen LogP contribution in [0.3, 0.4) is 0 Å². The molecule has 1 aromatic heterocycles. The van der Waals surface area contributed by atoms with Crippen LogP contribution in [0.5, 0.6) is 0 Å². The summed E-state index contributed by atoms with van der Waals surface area (Å²) in [7, 11) is 0. The van der Waals surface area contributed by atoms with Crippen LogP contribution in [0.1, 0.15) is 50.3 Å². The largest absolute Gasteiger partial charge is 0.352 e. The van der Waals surface area contributed by atoms with Crippen LogP contribution >= 0.6 is 15.9 Å². The van der Waals surface area contributed by atoms with Crippen LogP contribution in [0.2, 0.25) is 0 Å². The van der Waals surface area contributed by atoms with E-state index in [1.165, 1.54) is 0 Å². The van der Waals surface area contributed by atoms with Gasteiger partial charge in [-0.1, -0.05) is 28.1 Å². The van der Waals surface area contributed by atoms with E-state index >= 15 is 0 Å². The molecule has 0 atom stereocenters. The van der Waals surface area contributed by atoms with Crippen LogP contribution in [0, 0.1) is 0 Å². The number of hydrogen-bond acceptors (Lipinski definition) is 3. The number of hydrogen-bond donors (Lipinski definition) is 1. The lowest BCUT2D eigenvalue weighted by Gasteiger charge is -2.31. The molecule has 0 spiro atoms. The van der Waals surface area contributed by atoms with E-state index in [1.54, 1.807) is 12.1 Å². The number of aromatic nitrogens is 2. The summed E-state index contributed by atoms with van der Waals surface area (Å²) < 4.78 is 2.96. The van der Waals surface area contributed by atoms with Crippen molar-refractivity contribution in [2.45, 2.75) is 59.2 Å². The van der Waals surface area contributed by atoms with E-state index in [-0.39, 0.29) is 30.4 Å². The van der Waals surface area contributed by atoms with Gasteiger partial charge in [-0.3, -0.25) is 9.59 Å². The predicted octanol–water partition coefficient (Wildman–Crippen LogP) is 4.81. The normalized spacial score (nSPS) is 11.3. The number of carbonyl (C=O) groups is 2. The third-order valence-corrected chi connectivity index (χ3v) is 5.93. The highest BCUT2D eigenvalue weighted by Gasteiger charge is 2.22. The molecular formula is C25H31BrN4O2. The van der Waals surface area contributed by atoms with Crippen molar-refractivity contribution in [3.63, 3.8) is 0 Å². The molecule has 0 aliphatic carbocycles. The van der Waals surface area contributed by atoms with Gasteiger partial charge in [-0.05, 0) is 70.5 Å². The number of para-hydroxylation sites is 2. The number of carbonyl (C=O) groups excluding carboxylic acids is 2. The van der Waals surface area contributed by atoms with Gasteiger partial charge in [0.25, 0.3) is 5.91 Å². The van der Waals surface area contributed by atoms with Gasteiger partial charge in [-0.25, -0.2) is 4.98 Å². The van der Waals surface area contributed by atoms with Gasteiger partial charge < -0.3 is 14.8 Å². The van der Waals surface area contributed by atoms with Gasteiger partial charge in [0, 0.05) is 35.1 Å². The summed E-state index contributed by atoms with van der Waals surface area (Å²) in [5.74, 6) is 0.860. The fraction of sp³-hybridized carbons (Fsp3) is 0.400. The summed E-state index contributed by atoms with van der Waals surface area (Å²) in [5.41, 5.74) is 2.48. The summed E-state index contributed by atoms with van der Waals surface area (Å²) in [6, 6.07) is 15.5. The highest BCUT2D eigenvalue weighted by atomic mass is 79.9. The van der Waals surface area contributed by atoms with Crippen LogP contribution in [-0.4, -0.2) is 44.9 Å². The molecule has 170 valence electrons. The second-order valence-electron chi connectivity index (χ2n) is 8.46. The Balaban J connectivity index is 1.69. The number of amides is 2. The van der Waals surface area contributed by atoms with Gasteiger partial charge in [0.15, 0.2) is 0 Å². The summed E-state index contributed by atoms with van der Waals surface area (Å²) in [6.45, 7) is 8.96. The van der Waals surface area contributed by atoms with Crippen molar-refractivity contribution >= 4 is 38.8 Å². The standard InChI is InChI=1S/C25H31BrN4O2/c1-17(2)30(18(3)4)24(31)16-29-22-9-6-5-8-21(22)28-23(29)10-7-15-27-25(32)19-11-13-20(26)14-12-19/h5-6,8-9,11-14,17-18H,7,10,15-16H2,1-4H3,(H,27,32). The molecule has 0 saturated carbocycles. The van der Waals surface area contributed by atoms with Crippen molar-refractivity contribution in [2.75, 3.05) is 6.54 Å². The quantitative estimate of drug-likeness (QED) is 0.430. The Hall–Kier alpha value is -2.67. The zero-order chi connectivity index (χ0) is 23.3. The van der Waals surface area contributed by atoms with E-state index in [0.29, 0.717) is 18.5 Å². The number of aryl methyl sites for hydroxylation is 1. The molecule has 0 radical (unpaired) electrons. The number of nitrogens with one attached hydrogen (secondary N) is 1. The Labute approximate surface area is 198 Å². The summed E-state index contributed by atoms with van der Waals surface area (Å²) in [4.78, 5) is 32.1. The fourth-order valence-corrected chi connectivity index (χ4v) is 4.30. The highest BCUT2D eigenvalue weighted by molar-refractivity contribution is 9.10. The second kappa shape index (κ2) is 10.8. The SMILES string of the molecule is CC(C)N(C(=O)Cn1c(CCCNC(=O)c2ccc(Br)cc2)nc2ccccc21)C(C)C. The minimum absolute atomic E-state index is 0.0861. The van der Waals surface area contributed by atoms with E-state index in [2.05, 4.69) is 21.2 Å². The predicted molar refractivity (Wildman–Crippen MR) is 132 cm³/mol. The molecule has 32 heavy (non-hydrogen) atoms. The first kappa shape index (κ1) is 24.0. The number of benzene rings is 2. The zero-order valence-corrected chi connectivity index (χ0v) is 20.7. The fourth-order valence-electron chi connectivity index (χ4n) is 4.03. The number of nitrogens with zero attached hydrogens (tertiary/aromatic N) is 3. The lowest BCUT2D eigenvalue weighted by molar-refractivity contribution is -0.135. The van der Waals surface area contributed by atoms with E-state index in [9.17, 15) is 9.59 Å². The monoisotopic (exact) mass is 498 g/mol. The summed E-state index contributed by atoms with van der Waals surface area (Å²) in [6.07, 6.45) is 1.41. The smallest absolute Gasteiger partial charge is 0.251 e. The van der Waals surface area contributed by atoms with Crippen LogP contribution in [0.15, 0.2) is 53.0 Å². The van der Waals surface area contributed by atoms with Gasteiger partial charge >= 0.3 is 0 Å². The summed E-state index contributed by atoms with van der Waals surface area (Å²) >= 11 is 3.38. The third-order valence-electron chi connectivity index (χ3n) is 5.40. The molecule has 1 heterocycles. The van der Waals surface area contributed by atoms with Crippen LogP contribution in [0.4, 0.5) is 0 Å². The van der Waals surface area contributed by atoms with Gasteiger partial charge in [0.1, 0.15) is 12.4 Å². The van der Waals surface area contributed by atoms with Gasteiger partial charge in [0.2, 0.25) is 5.91 Å². The maximum atomic E-state index is 13.1. The van der Waals surface area contributed by atoms with E-state index in [1.807, 2.05) is 73.6 Å². The lowest BCUT2D eigenvalue weighted by atomic mass is 10.2. The minimum Gasteiger partial charge on any atom is -0.352 e. The molecule has 3 rings (SSSR count). The second-order valence-corrected chi connectivity index (χ2v) is 9.37. The Morgan fingerprint density at radius 1 is 1.03 bits per heavy atom. The average Bonchev–Trinajstić information content (AvgIpc) is 3.08. The van der Waals surface area contributed by atoms with Crippen LogP contribution in [-0.2, 0) is 17.8 Å². The Morgan fingerprint density at radius 3 is 2.34 bits per heavy atom. The van der Waals surface area contributed by atoms with Crippen molar-refractivity contribution < 1.29 is 9.59 Å². The first-order chi connectivity index (χ1) is 15.3. The minimum atomic E-state index is -0.0920. The summed E-state index contributed by atoms with van der Waals surface area (Å²) in [5, 5.41) is 2.96. The molecule has 1 N–H and O–H groups in total. The van der Waals surface area contributed by atoms with Crippen LogP contribution in [0.25, 0.3) is 11.0 Å². The molecule has 0 saturated heterocycles. The van der Waals surface area contributed by atoms with Crippen molar-refractivity contribution in [3.8, 4) is 0 Å². The molecular weight excluding hydrogens is 468 g/mol. The number of imidazole rings is 1. The molecule has 7 heteroatoms. The maximum absolute atomic E-state index is 13.1. The molecule has 6 nitrogen and oxygen atoms in total. The molecule has 0 bridgehead atoms. The maximum Gasteiger partial charge on any atom is 0.251 e. The van der Waals surface area contributed by atoms with E-state index in [0.717, 1.165) is 27.8 Å². The molecule has 0 fully saturated rings.